The van der Waals surface area contributed by atoms with E-state index in [1.54, 1.807) is 20.8 Å². The monoisotopic (exact) mass is 362 g/mol. The molecule has 0 saturated carbocycles. The Bertz CT molecular complexity index is 918. The third kappa shape index (κ3) is 3.72. The normalized spacial score (nSPS) is 13.0. The highest BCUT2D eigenvalue weighted by Gasteiger charge is 2.27. The SMILES string of the molecule is COC(=O)/C(CC(=O)C(C)(C)C)=N\N=C1c2ccccc2-c2ccccc21. The van der Waals surface area contributed by atoms with Crippen molar-refractivity contribution in [1.29, 1.82) is 0 Å². The van der Waals surface area contributed by atoms with Crippen molar-refractivity contribution in [2.75, 3.05) is 7.11 Å². The smallest absolute Gasteiger partial charge is 0.354 e. The van der Waals surface area contributed by atoms with Crippen molar-refractivity contribution in [1.82, 2.24) is 0 Å². The first kappa shape index (κ1) is 18.7. The number of fused-ring (bicyclic) bond motifs is 3. The van der Waals surface area contributed by atoms with Crippen LogP contribution in [-0.4, -0.2) is 30.3 Å². The molecule has 0 unspecified atom stereocenters. The minimum atomic E-state index is -0.642. The summed E-state index contributed by atoms with van der Waals surface area (Å²) < 4.78 is 4.79. The molecule has 0 heterocycles. The fraction of sp³-hybridized carbons (Fsp3) is 0.273. The van der Waals surface area contributed by atoms with Crippen molar-refractivity contribution in [2.24, 2.45) is 15.6 Å². The maximum Gasteiger partial charge on any atom is 0.354 e. The second-order valence-electron chi connectivity index (χ2n) is 7.43. The van der Waals surface area contributed by atoms with Gasteiger partial charge in [-0.25, -0.2) is 4.79 Å². The Labute approximate surface area is 158 Å². The van der Waals surface area contributed by atoms with Crippen molar-refractivity contribution in [3.05, 3.63) is 59.7 Å². The molecular formula is C22H22N2O3. The molecule has 1 aliphatic carbocycles. The largest absolute Gasteiger partial charge is 0.464 e. The van der Waals surface area contributed by atoms with E-state index in [1.807, 2.05) is 48.5 Å². The van der Waals surface area contributed by atoms with Crippen molar-refractivity contribution in [2.45, 2.75) is 27.2 Å². The molecule has 138 valence electrons. The molecule has 0 aromatic heterocycles. The van der Waals surface area contributed by atoms with Gasteiger partial charge in [0, 0.05) is 16.5 Å². The van der Waals surface area contributed by atoms with Gasteiger partial charge in [0.15, 0.2) is 5.71 Å². The molecule has 2 aromatic carbocycles. The highest BCUT2D eigenvalue weighted by Crippen LogP contribution is 2.36. The topological polar surface area (TPSA) is 68.1 Å². The molecule has 2 aromatic rings. The Hall–Kier alpha value is -3.08. The molecule has 27 heavy (non-hydrogen) atoms. The predicted molar refractivity (Wildman–Crippen MR) is 106 cm³/mol. The molecule has 1 aliphatic rings. The van der Waals surface area contributed by atoms with Crippen LogP contribution in [0.1, 0.15) is 38.3 Å². The van der Waals surface area contributed by atoms with Crippen LogP contribution in [0.3, 0.4) is 0 Å². The summed E-state index contributed by atoms with van der Waals surface area (Å²) in [5, 5.41) is 8.50. The van der Waals surface area contributed by atoms with E-state index >= 15 is 0 Å². The molecule has 0 N–H and O–H groups in total. The summed E-state index contributed by atoms with van der Waals surface area (Å²) in [5.41, 5.74) is 4.18. The van der Waals surface area contributed by atoms with Gasteiger partial charge in [0.05, 0.1) is 13.5 Å². The standard InChI is InChI=1S/C22H22N2O3/c1-22(2,3)19(25)13-18(21(26)27-4)23-24-20-16-11-7-5-9-14(16)15-10-6-8-12-17(15)20/h5-12H,13H2,1-4H3/b23-18-. The summed E-state index contributed by atoms with van der Waals surface area (Å²) >= 11 is 0. The first-order valence-corrected chi connectivity index (χ1v) is 8.78. The zero-order chi connectivity index (χ0) is 19.6. The van der Waals surface area contributed by atoms with Gasteiger partial charge in [-0.15, -0.1) is 10.2 Å². The van der Waals surface area contributed by atoms with Crippen LogP contribution < -0.4 is 0 Å². The highest BCUT2D eigenvalue weighted by molar-refractivity contribution is 6.40. The third-order valence-electron chi connectivity index (χ3n) is 4.51. The number of benzene rings is 2. The van der Waals surface area contributed by atoms with E-state index in [4.69, 9.17) is 4.74 Å². The van der Waals surface area contributed by atoms with Gasteiger partial charge in [0.25, 0.3) is 0 Å². The number of carbonyl (C=O) groups is 2. The molecule has 0 radical (unpaired) electrons. The lowest BCUT2D eigenvalue weighted by atomic mass is 9.88. The number of hydrogen-bond donors (Lipinski definition) is 0. The summed E-state index contributed by atoms with van der Waals surface area (Å²) in [4.78, 5) is 24.4. The molecule has 0 bridgehead atoms. The van der Waals surface area contributed by atoms with Gasteiger partial charge in [-0.05, 0) is 11.1 Å². The Balaban J connectivity index is 2.05. The van der Waals surface area contributed by atoms with Crippen LogP contribution in [0.25, 0.3) is 11.1 Å². The van der Waals surface area contributed by atoms with E-state index in [1.165, 1.54) is 7.11 Å². The number of carbonyl (C=O) groups excluding carboxylic acids is 2. The summed E-state index contributed by atoms with van der Waals surface area (Å²) in [6.07, 6.45) is -0.115. The molecule has 0 amide bonds. The maximum absolute atomic E-state index is 12.4. The summed E-state index contributed by atoms with van der Waals surface area (Å²) in [7, 11) is 1.27. The number of ether oxygens (including phenoxy) is 1. The lowest BCUT2D eigenvalue weighted by Crippen LogP contribution is -2.27. The highest BCUT2D eigenvalue weighted by atomic mass is 16.5. The zero-order valence-corrected chi connectivity index (χ0v) is 15.9. The minimum absolute atomic E-state index is 0.00628. The van der Waals surface area contributed by atoms with Crippen LogP contribution in [0, 0.1) is 5.41 Å². The van der Waals surface area contributed by atoms with Gasteiger partial charge in [0.1, 0.15) is 11.5 Å². The molecule has 5 heteroatoms. The predicted octanol–water partition coefficient (Wildman–Crippen LogP) is 4.04. The van der Waals surface area contributed by atoms with Crippen LogP contribution in [0.5, 0.6) is 0 Å². The average Bonchev–Trinajstić information content (AvgIpc) is 2.97. The fourth-order valence-corrected chi connectivity index (χ4v) is 2.90. The third-order valence-corrected chi connectivity index (χ3v) is 4.51. The van der Waals surface area contributed by atoms with Crippen LogP contribution in [-0.2, 0) is 14.3 Å². The Kier molecular flexibility index (Phi) is 5.04. The molecule has 0 aliphatic heterocycles. The van der Waals surface area contributed by atoms with E-state index in [0.29, 0.717) is 5.71 Å². The number of rotatable bonds is 4. The fourth-order valence-electron chi connectivity index (χ4n) is 2.90. The van der Waals surface area contributed by atoms with E-state index in [2.05, 4.69) is 10.2 Å². The van der Waals surface area contributed by atoms with Crippen molar-refractivity contribution in [3.63, 3.8) is 0 Å². The Morgan fingerprint density at radius 1 is 0.889 bits per heavy atom. The lowest BCUT2D eigenvalue weighted by molar-refractivity contribution is -0.134. The van der Waals surface area contributed by atoms with E-state index in [-0.39, 0.29) is 17.9 Å². The first-order valence-electron chi connectivity index (χ1n) is 8.78. The zero-order valence-electron chi connectivity index (χ0n) is 15.9. The van der Waals surface area contributed by atoms with Gasteiger partial charge in [0.2, 0.25) is 0 Å². The molecular weight excluding hydrogens is 340 g/mol. The molecule has 0 atom stereocenters. The summed E-state index contributed by atoms with van der Waals surface area (Å²) in [6, 6.07) is 15.8. The maximum atomic E-state index is 12.4. The lowest BCUT2D eigenvalue weighted by Gasteiger charge is -2.16. The van der Waals surface area contributed by atoms with E-state index in [9.17, 15) is 9.59 Å². The molecule has 5 nitrogen and oxygen atoms in total. The molecule has 0 fully saturated rings. The van der Waals surface area contributed by atoms with Crippen LogP contribution in [0.15, 0.2) is 58.7 Å². The second-order valence-corrected chi connectivity index (χ2v) is 7.43. The minimum Gasteiger partial charge on any atom is -0.464 e. The van der Waals surface area contributed by atoms with E-state index < -0.39 is 11.4 Å². The molecule has 0 saturated heterocycles. The number of esters is 1. The average molecular weight is 362 g/mol. The number of hydrogen-bond acceptors (Lipinski definition) is 5. The molecule has 0 spiro atoms. The molecule has 3 rings (SSSR count). The van der Waals surface area contributed by atoms with Crippen LogP contribution in [0.2, 0.25) is 0 Å². The second kappa shape index (κ2) is 7.27. The van der Waals surface area contributed by atoms with Gasteiger partial charge < -0.3 is 4.74 Å². The summed E-state index contributed by atoms with van der Waals surface area (Å²) in [5.74, 6) is -0.740. The van der Waals surface area contributed by atoms with Crippen LogP contribution >= 0.6 is 0 Å². The van der Waals surface area contributed by atoms with Crippen LogP contribution in [0.4, 0.5) is 0 Å². The summed E-state index contributed by atoms with van der Waals surface area (Å²) in [6.45, 7) is 5.42. The van der Waals surface area contributed by atoms with E-state index in [0.717, 1.165) is 22.3 Å². The Morgan fingerprint density at radius 2 is 1.37 bits per heavy atom. The number of methoxy groups -OCH3 is 1. The number of ketones is 1. The van der Waals surface area contributed by atoms with Crippen molar-refractivity contribution >= 4 is 23.2 Å². The van der Waals surface area contributed by atoms with Gasteiger partial charge in [-0.3, -0.25) is 4.79 Å². The Morgan fingerprint density at radius 3 is 1.81 bits per heavy atom. The number of Topliss-reactive ketones (excluding diaryl/α,β-unsaturated/α-hetero) is 1. The van der Waals surface area contributed by atoms with Gasteiger partial charge in [-0.1, -0.05) is 69.3 Å². The van der Waals surface area contributed by atoms with Gasteiger partial charge in [-0.2, -0.15) is 0 Å². The number of nitrogens with zero attached hydrogens (tertiary/aromatic N) is 2. The quantitative estimate of drug-likeness (QED) is 0.400. The first-order chi connectivity index (χ1) is 12.8. The van der Waals surface area contributed by atoms with Gasteiger partial charge >= 0.3 is 5.97 Å². The van der Waals surface area contributed by atoms with Crippen molar-refractivity contribution < 1.29 is 14.3 Å². The van der Waals surface area contributed by atoms with Crippen molar-refractivity contribution in [3.8, 4) is 11.1 Å².